The molecule has 13 heavy (non-hydrogen) atoms. The fourth-order valence-corrected chi connectivity index (χ4v) is 0.671. The molecule has 0 N–H and O–H groups in total. The molecule has 0 aliphatic carbocycles. The second-order valence-electron chi connectivity index (χ2n) is 1.83. The smallest absolute Gasteiger partial charge is 0.230 e. The minimum absolute atomic E-state index is 0.367. The van der Waals surface area contributed by atoms with Crippen LogP contribution in [0.4, 0.5) is 0 Å². The van der Waals surface area contributed by atoms with E-state index in [9.17, 15) is 0 Å². The zero-order chi connectivity index (χ0) is 10.7. The Labute approximate surface area is 82.2 Å². The van der Waals surface area contributed by atoms with Gasteiger partial charge in [0.25, 0.3) is 0 Å². The average Bonchev–Trinajstić information content (AvgIpc) is 2.60. The predicted molar refractivity (Wildman–Crippen MR) is 57.2 cm³/mol. The van der Waals surface area contributed by atoms with Crippen LogP contribution in [0, 0.1) is 0 Å². The van der Waals surface area contributed by atoms with Crippen molar-refractivity contribution in [1.82, 2.24) is 0 Å². The van der Waals surface area contributed by atoms with Gasteiger partial charge < -0.3 is 9.47 Å². The molecule has 0 saturated carbocycles. The van der Waals surface area contributed by atoms with Crippen molar-refractivity contribution in [3.63, 3.8) is 0 Å². The Morgan fingerprint density at radius 3 is 1.92 bits per heavy atom. The van der Waals surface area contributed by atoms with E-state index in [2.05, 4.69) is 0 Å². The second-order valence-corrected chi connectivity index (χ2v) is 1.83. The van der Waals surface area contributed by atoms with Crippen LogP contribution in [0.25, 0.3) is 0 Å². The zero-order valence-corrected chi connectivity index (χ0v) is 9.68. The van der Waals surface area contributed by atoms with E-state index in [0.717, 1.165) is 11.5 Å². The lowest BCUT2D eigenvalue weighted by Crippen LogP contribution is -1.80. The molecule has 0 bridgehead atoms. The minimum Gasteiger partial charge on any atom is -0.458 e. The summed E-state index contributed by atoms with van der Waals surface area (Å²) in [4.78, 5) is 0. The van der Waals surface area contributed by atoms with Crippen molar-refractivity contribution in [1.29, 1.82) is 0 Å². The Balaban J connectivity index is 0. The molecule has 0 spiro atoms. The molecule has 2 heteroatoms. The number of allylic oxidation sites excluding steroid dienone is 3. The lowest BCUT2D eigenvalue weighted by Gasteiger charge is -1.89. The molecule has 1 aliphatic rings. The topological polar surface area (TPSA) is 18.5 Å². The van der Waals surface area contributed by atoms with Gasteiger partial charge in [-0.3, -0.25) is 0 Å². The molecule has 0 atom stereocenters. The first-order valence-electron chi connectivity index (χ1n) is 4.93. The largest absolute Gasteiger partial charge is 0.458 e. The van der Waals surface area contributed by atoms with E-state index in [4.69, 9.17) is 9.47 Å². The Hall–Kier alpha value is -0.920. The van der Waals surface area contributed by atoms with Crippen LogP contribution in [0.3, 0.4) is 0 Å². The first kappa shape index (κ1) is 14.6. The van der Waals surface area contributed by atoms with Gasteiger partial charge in [0.05, 0.1) is 0 Å². The van der Waals surface area contributed by atoms with E-state index < -0.39 is 0 Å². The van der Waals surface area contributed by atoms with Gasteiger partial charge in [-0.15, -0.1) is 0 Å². The van der Waals surface area contributed by atoms with Crippen LogP contribution >= 0.6 is 0 Å². The van der Waals surface area contributed by atoms with Crippen molar-refractivity contribution in [2.45, 2.75) is 41.5 Å². The fourth-order valence-electron chi connectivity index (χ4n) is 0.671. The monoisotopic (exact) mass is 186 g/mol. The van der Waals surface area contributed by atoms with E-state index in [1.807, 2.05) is 53.7 Å². The Kier molecular flexibility index (Phi) is 12.4. The quantitative estimate of drug-likeness (QED) is 0.619. The van der Waals surface area contributed by atoms with Gasteiger partial charge in [0.1, 0.15) is 5.76 Å². The SMILES string of the molecule is C/C=C\C1=C(C)OCO1.CC.CC. The van der Waals surface area contributed by atoms with Crippen LogP contribution in [0.1, 0.15) is 41.5 Å². The van der Waals surface area contributed by atoms with Crippen molar-refractivity contribution in [3.05, 3.63) is 23.7 Å². The number of hydrogen-bond donors (Lipinski definition) is 0. The average molecular weight is 186 g/mol. The molecule has 0 unspecified atom stereocenters. The summed E-state index contributed by atoms with van der Waals surface area (Å²) < 4.78 is 10.1. The highest BCUT2D eigenvalue weighted by molar-refractivity contribution is 5.15. The Bertz CT molecular complexity index is 157. The van der Waals surface area contributed by atoms with Crippen LogP contribution in [0.15, 0.2) is 23.7 Å². The number of rotatable bonds is 1. The highest BCUT2D eigenvalue weighted by Crippen LogP contribution is 2.15. The molecule has 1 heterocycles. The molecule has 0 aromatic carbocycles. The summed E-state index contributed by atoms with van der Waals surface area (Å²) in [5.74, 6) is 1.71. The zero-order valence-electron chi connectivity index (χ0n) is 9.68. The first-order chi connectivity index (χ1) is 6.34. The van der Waals surface area contributed by atoms with Gasteiger partial charge in [0.2, 0.25) is 6.79 Å². The summed E-state index contributed by atoms with van der Waals surface area (Å²) in [5, 5.41) is 0. The molecule has 0 aromatic heterocycles. The normalized spacial score (nSPS) is 13.7. The predicted octanol–water partition coefficient (Wildman–Crippen LogP) is 3.85. The van der Waals surface area contributed by atoms with Gasteiger partial charge in [0, 0.05) is 0 Å². The first-order valence-corrected chi connectivity index (χ1v) is 4.93. The van der Waals surface area contributed by atoms with Crippen LogP contribution in [-0.2, 0) is 9.47 Å². The van der Waals surface area contributed by atoms with Crippen LogP contribution in [0.2, 0.25) is 0 Å². The molecule has 1 rings (SSSR count). The standard InChI is InChI=1S/C7H10O2.2C2H6/c1-3-4-7-6(2)8-5-9-7;2*1-2/h3-4H,5H2,1-2H3;2*1-2H3/b4-3-;;. The third kappa shape index (κ3) is 6.26. The molecule has 78 valence electrons. The summed E-state index contributed by atoms with van der Waals surface area (Å²) in [6.45, 7) is 12.2. The lowest BCUT2D eigenvalue weighted by atomic mass is 10.4. The van der Waals surface area contributed by atoms with Crippen LogP contribution in [0.5, 0.6) is 0 Å². The van der Waals surface area contributed by atoms with Crippen molar-refractivity contribution >= 4 is 0 Å². The molecule has 0 fully saturated rings. The van der Waals surface area contributed by atoms with Crippen molar-refractivity contribution in [2.24, 2.45) is 0 Å². The van der Waals surface area contributed by atoms with Gasteiger partial charge in [-0.25, -0.2) is 0 Å². The second kappa shape index (κ2) is 11.1. The molecule has 0 aromatic rings. The summed E-state index contributed by atoms with van der Waals surface area (Å²) in [5.41, 5.74) is 0. The van der Waals surface area contributed by atoms with Gasteiger partial charge in [-0.1, -0.05) is 33.8 Å². The molecule has 0 saturated heterocycles. The summed E-state index contributed by atoms with van der Waals surface area (Å²) in [6, 6.07) is 0. The van der Waals surface area contributed by atoms with Gasteiger partial charge >= 0.3 is 0 Å². The van der Waals surface area contributed by atoms with E-state index in [-0.39, 0.29) is 0 Å². The molecular weight excluding hydrogens is 164 g/mol. The number of ether oxygens (including phenoxy) is 2. The maximum atomic E-state index is 5.08. The Morgan fingerprint density at radius 2 is 1.62 bits per heavy atom. The summed E-state index contributed by atoms with van der Waals surface area (Å²) in [6.07, 6.45) is 3.82. The molecule has 1 aliphatic heterocycles. The van der Waals surface area contributed by atoms with Crippen LogP contribution < -0.4 is 0 Å². The highest BCUT2D eigenvalue weighted by atomic mass is 16.7. The molecule has 0 amide bonds. The molecule has 2 nitrogen and oxygen atoms in total. The third-order valence-electron chi connectivity index (χ3n) is 1.15. The van der Waals surface area contributed by atoms with Gasteiger partial charge in [-0.2, -0.15) is 0 Å². The van der Waals surface area contributed by atoms with Crippen LogP contribution in [-0.4, -0.2) is 6.79 Å². The minimum atomic E-state index is 0.367. The Morgan fingerprint density at radius 1 is 1.08 bits per heavy atom. The maximum absolute atomic E-state index is 5.08. The van der Waals surface area contributed by atoms with Crippen molar-refractivity contribution in [2.75, 3.05) is 6.79 Å². The summed E-state index contributed by atoms with van der Waals surface area (Å²) >= 11 is 0. The maximum Gasteiger partial charge on any atom is 0.230 e. The van der Waals surface area contributed by atoms with E-state index >= 15 is 0 Å². The van der Waals surface area contributed by atoms with Crippen molar-refractivity contribution in [3.8, 4) is 0 Å². The number of hydrogen-bond acceptors (Lipinski definition) is 2. The van der Waals surface area contributed by atoms with E-state index in [0.29, 0.717) is 6.79 Å². The van der Waals surface area contributed by atoms with Crippen molar-refractivity contribution < 1.29 is 9.47 Å². The molecular formula is C11H22O2. The lowest BCUT2D eigenvalue weighted by molar-refractivity contribution is 0.0750. The highest BCUT2D eigenvalue weighted by Gasteiger charge is 2.08. The van der Waals surface area contributed by atoms with Gasteiger partial charge in [0.15, 0.2) is 5.76 Å². The van der Waals surface area contributed by atoms with E-state index in [1.54, 1.807) is 0 Å². The molecule has 0 radical (unpaired) electrons. The van der Waals surface area contributed by atoms with E-state index in [1.165, 1.54) is 0 Å². The van der Waals surface area contributed by atoms with Gasteiger partial charge in [-0.05, 0) is 19.9 Å². The fraction of sp³-hybridized carbons (Fsp3) is 0.636. The summed E-state index contributed by atoms with van der Waals surface area (Å²) in [7, 11) is 0. The third-order valence-corrected chi connectivity index (χ3v) is 1.15.